The Bertz CT molecular complexity index is 291. The van der Waals surface area contributed by atoms with E-state index in [1.54, 1.807) is 7.05 Å². The zero-order chi connectivity index (χ0) is 13.4. The van der Waals surface area contributed by atoms with Gasteiger partial charge in [0.1, 0.15) is 0 Å². The number of carboxylic acids is 1. The fourth-order valence-electron chi connectivity index (χ4n) is 1.30. The summed E-state index contributed by atoms with van der Waals surface area (Å²) >= 11 is 0. The summed E-state index contributed by atoms with van der Waals surface area (Å²) in [7, 11) is 1.61. The third-order valence-corrected chi connectivity index (χ3v) is 2.50. The molecular weight excluding hydrogens is 224 g/mol. The summed E-state index contributed by atoms with van der Waals surface area (Å²) in [6, 6.07) is -0.436. The number of hydrogen-bond donors (Lipinski definition) is 2. The maximum Gasteiger partial charge on any atom is 0.324 e. The molecule has 17 heavy (non-hydrogen) atoms. The first kappa shape index (κ1) is 15.4. The van der Waals surface area contributed by atoms with Crippen LogP contribution in [0.5, 0.6) is 0 Å². The van der Waals surface area contributed by atoms with Crippen LogP contribution in [0.3, 0.4) is 0 Å². The number of urea groups is 1. The Balaban J connectivity index is 4.06. The van der Waals surface area contributed by atoms with Gasteiger partial charge in [-0.2, -0.15) is 0 Å². The molecule has 0 aliphatic heterocycles. The molecule has 0 aromatic rings. The Morgan fingerprint density at radius 1 is 1.29 bits per heavy atom. The maximum absolute atomic E-state index is 11.6. The van der Waals surface area contributed by atoms with E-state index < -0.39 is 17.9 Å². The first-order chi connectivity index (χ1) is 7.88. The SMILES string of the molecule is CCCC(C)N(C)C(=O)NC(=O)CCC(=O)O. The molecule has 0 saturated carbocycles. The fourth-order valence-corrected chi connectivity index (χ4v) is 1.30. The van der Waals surface area contributed by atoms with Gasteiger partial charge in [-0.15, -0.1) is 0 Å². The van der Waals surface area contributed by atoms with Gasteiger partial charge in [0.25, 0.3) is 0 Å². The van der Waals surface area contributed by atoms with Crippen LogP contribution in [0.1, 0.15) is 39.5 Å². The van der Waals surface area contributed by atoms with E-state index in [9.17, 15) is 14.4 Å². The Labute approximate surface area is 101 Å². The van der Waals surface area contributed by atoms with Crippen molar-refractivity contribution in [1.82, 2.24) is 10.2 Å². The molecule has 1 atom stereocenters. The van der Waals surface area contributed by atoms with Crippen LogP contribution in [0.2, 0.25) is 0 Å². The number of carbonyl (C=O) groups excluding carboxylic acids is 2. The van der Waals surface area contributed by atoms with Crippen LogP contribution in [0.25, 0.3) is 0 Å². The van der Waals surface area contributed by atoms with Crippen molar-refractivity contribution in [3.05, 3.63) is 0 Å². The summed E-state index contributed by atoms with van der Waals surface area (Å²) in [5.41, 5.74) is 0. The zero-order valence-electron chi connectivity index (χ0n) is 10.5. The normalized spacial score (nSPS) is 11.7. The molecule has 0 fully saturated rings. The van der Waals surface area contributed by atoms with Crippen molar-refractivity contribution in [3.63, 3.8) is 0 Å². The molecule has 0 aromatic heterocycles. The first-order valence-electron chi connectivity index (χ1n) is 5.66. The lowest BCUT2D eigenvalue weighted by atomic mass is 10.2. The van der Waals surface area contributed by atoms with Gasteiger partial charge >= 0.3 is 12.0 Å². The van der Waals surface area contributed by atoms with Crippen LogP contribution in [-0.2, 0) is 9.59 Å². The van der Waals surface area contributed by atoms with Gasteiger partial charge in [-0.05, 0) is 13.3 Å². The molecule has 0 aromatic carbocycles. The van der Waals surface area contributed by atoms with Crippen molar-refractivity contribution in [2.45, 2.75) is 45.6 Å². The molecule has 1 unspecified atom stereocenters. The highest BCUT2D eigenvalue weighted by Crippen LogP contribution is 2.04. The van der Waals surface area contributed by atoms with Crippen molar-refractivity contribution in [2.24, 2.45) is 0 Å². The molecule has 6 heteroatoms. The number of hydrogen-bond acceptors (Lipinski definition) is 3. The summed E-state index contributed by atoms with van der Waals surface area (Å²) in [6.07, 6.45) is 1.35. The van der Waals surface area contributed by atoms with Gasteiger partial charge in [-0.3, -0.25) is 14.9 Å². The highest BCUT2D eigenvalue weighted by Gasteiger charge is 2.17. The Kier molecular flexibility index (Phi) is 6.93. The third kappa shape index (κ3) is 6.55. The number of carbonyl (C=O) groups is 3. The van der Waals surface area contributed by atoms with Gasteiger partial charge in [-0.1, -0.05) is 13.3 Å². The van der Waals surface area contributed by atoms with Gasteiger partial charge in [0.05, 0.1) is 6.42 Å². The van der Waals surface area contributed by atoms with Crippen LogP contribution in [0, 0.1) is 0 Å². The van der Waals surface area contributed by atoms with Crippen LogP contribution >= 0.6 is 0 Å². The van der Waals surface area contributed by atoms with E-state index in [0.29, 0.717) is 0 Å². The first-order valence-corrected chi connectivity index (χ1v) is 5.66. The lowest BCUT2D eigenvalue weighted by Gasteiger charge is -2.24. The minimum absolute atomic E-state index is 0.0484. The van der Waals surface area contributed by atoms with Gasteiger partial charge in [0.15, 0.2) is 0 Å². The average molecular weight is 244 g/mol. The van der Waals surface area contributed by atoms with Crippen LogP contribution in [-0.4, -0.2) is 41.0 Å². The minimum Gasteiger partial charge on any atom is -0.481 e. The number of amides is 3. The molecule has 0 heterocycles. The average Bonchev–Trinajstić information content (AvgIpc) is 2.25. The predicted octanol–water partition coefficient (Wildman–Crippen LogP) is 1.21. The second kappa shape index (κ2) is 7.65. The molecule has 2 N–H and O–H groups in total. The van der Waals surface area contributed by atoms with Crippen LogP contribution < -0.4 is 5.32 Å². The molecule has 0 spiro atoms. The summed E-state index contributed by atoms with van der Waals surface area (Å²) in [5, 5.41) is 10.5. The minimum atomic E-state index is -1.06. The largest absolute Gasteiger partial charge is 0.481 e. The number of nitrogens with one attached hydrogen (secondary N) is 1. The van der Waals surface area contributed by atoms with E-state index in [2.05, 4.69) is 5.32 Å². The van der Waals surface area contributed by atoms with E-state index in [-0.39, 0.29) is 18.9 Å². The van der Waals surface area contributed by atoms with E-state index in [1.165, 1.54) is 4.90 Å². The quantitative estimate of drug-likeness (QED) is 0.735. The van der Waals surface area contributed by atoms with Gasteiger partial charge in [0, 0.05) is 19.5 Å². The number of imide groups is 1. The van der Waals surface area contributed by atoms with Crippen molar-refractivity contribution in [2.75, 3.05) is 7.05 Å². The number of aliphatic carboxylic acids is 1. The van der Waals surface area contributed by atoms with Crippen LogP contribution in [0.15, 0.2) is 0 Å². The third-order valence-electron chi connectivity index (χ3n) is 2.50. The molecule has 0 aliphatic rings. The monoisotopic (exact) mass is 244 g/mol. The number of carboxylic acid groups (broad SMARTS) is 1. The summed E-state index contributed by atoms with van der Waals surface area (Å²) < 4.78 is 0. The van der Waals surface area contributed by atoms with Crippen molar-refractivity contribution >= 4 is 17.9 Å². The fraction of sp³-hybridized carbons (Fsp3) is 0.727. The van der Waals surface area contributed by atoms with Crippen molar-refractivity contribution in [3.8, 4) is 0 Å². The molecule has 0 bridgehead atoms. The second-order valence-corrected chi connectivity index (χ2v) is 4.00. The predicted molar refractivity (Wildman–Crippen MR) is 62.5 cm³/mol. The summed E-state index contributed by atoms with van der Waals surface area (Å²) in [4.78, 5) is 34.5. The number of rotatable bonds is 6. The Morgan fingerprint density at radius 3 is 2.35 bits per heavy atom. The summed E-state index contributed by atoms with van der Waals surface area (Å²) in [5.74, 6) is -1.62. The molecule has 0 radical (unpaired) electrons. The smallest absolute Gasteiger partial charge is 0.324 e. The van der Waals surface area contributed by atoms with E-state index in [1.807, 2.05) is 13.8 Å². The van der Waals surface area contributed by atoms with Gasteiger partial charge in [0.2, 0.25) is 5.91 Å². The standard InChI is InChI=1S/C11H20N2O4/c1-4-5-8(2)13(3)11(17)12-9(14)6-7-10(15)16/h8H,4-7H2,1-3H3,(H,15,16)(H,12,14,17). The molecule has 3 amide bonds. The van der Waals surface area contributed by atoms with Gasteiger partial charge < -0.3 is 10.0 Å². The topological polar surface area (TPSA) is 86.7 Å². The van der Waals surface area contributed by atoms with E-state index in [0.717, 1.165) is 12.8 Å². The second-order valence-electron chi connectivity index (χ2n) is 4.00. The zero-order valence-corrected chi connectivity index (χ0v) is 10.5. The van der Waals surface area contributed by atoms with Crippen molar-refractivity contribution in [1.29, 1.82) is 0 Å². The lowest BCUT2D eigenvalue weighted by molar-refractivity contribution is -0.138. The number of nitrogens with zero attached hydrogens (tertiary/aromatic N) is 1. The Hall–Kier alpha value is -1.59. The molecule has 98 valence electrons. The van der Waals surface area contributed by atoms with Crippen molar-refractivity contribution < 1.29 is 19.5 Å². The van der Waals surface area contributed by atoms with E-state index in [4.69, 9.17) is 5.11 Å². The molecule has 0 saturated heterocycles. The molecular formula is C11H20N2O4. The maximum atomic E-state index is 11.6. The highest BCUT2D eigenvalue weighted by atomic mass is 16.4. The Morgan fingerprint density at radius 2 is 1.88 bits per heavy atom. The molecule has 0 rings (SSSR count). The molecule has 0 aliphatic carbocycles. The van der Waals surface area contributed by atoms with E-state index >= 15 is 0 Å². The summed E-state index contributed by atoms with van der Waals surface area (Å²) in [6.45, 7) is 3.91. The van der Waals surface area contributed by atoms with Gasteiger partial charge in [-0.25, -0.2) is 4.79 Å². The van der Waals surface area contributed by atoms with Crippen LogP contribution in [0.4, 0.5) is 4.79 Å². The molecule has 6 nitrogen and oxygen atoms in total. The lowest BCUT2D eigenvalue weighted by Crippen LogP contribution is -2.44. The highest BCUT2D eigenvalue weighted by molar-refractivity contribution is 5.95.